The van der Waals surface area contributed by atoms with Crippen molar-refractivity contribution in [2.45, 2.75) is 59.8 Å². The van der Waals surface area contributed by atoms with E-state index < -0.39 is 0 Å². The number of likely N-dealkylation sites (N-methyl/N-ethyl adjacent to an activating group) is 1. The largest absolute Gasteiger partial charge is 0.460 e. The highest BCUT2D eigenvalue weighted by molar-refractivity contribution is 5.69. The highest BCUT2D eigenvalue weighted by Gasteiger charge is 2.21. The maximum atomic E-state index is 11.5. The van der Waals surface area contributed by atoms with Gasteiger partial charge in [-0.2, -0.15) is 0 Å². The summed E-state index contributed by atoms with van der Waals surface area (Å²) >= 11 is 0. The molecular formula is C17H36NO2+. The molecule has 0 N–H and O–H groups in total. The van der Waals surface area contributed by atoms with Crippen molar-refractivity contribution in [2.24, 2.45) is 11.8 Å². The van der Waals surface area contributed by atoms with Crippen molar-refractivity contribution in [1.29, 1.82) is 0 Å². The van der Waals surface area contributed by atoms with Gasteiger partial charge in [-0.15, -0.1) is 0 Å². The molecule has 0 spiro atoms. The van der Waals surface area contributed by atoms with Crippen molar-refractivity contribution in [2.75, 3.05) is 33.8 Å². The van der Waals surface area contributed by atoms with Crippen LogP contribution in [-0.2, 0) is 9.53 Å². The number of hydrogen-bond donors (Lipinski definition) is 0. The summed E-state index contributed by atoms with van der Waals surface area (Å²) in [4.78, 5) is 11.5. The Balaban J connectivity index is 4.01. The van der Waals surface area contributed by atoms with Gasteiger partial charge in [-0.3, -0.25) is 4.79 Å². The lowest BCUT2D eigenvalue weighted by molar-refractivity contribution is -0.893. The Morgan fingerprint density at radius 3 is 2.35 bits per heavy atom. The van der Waals surface area contributed by atoms with Crippen molar-refractivity contribution < 1.29 is 14.0 Å². The lowest BCUT2D eigenvalue weighted by atomic mass is 9.98. The standard InChI is InChI=1S/C17H36NO2/c1-7-9-10-16(8-2)14-18(5,6)11-12-20-17(19)13-15(3)4/h15-16H,7-14H2,1-6H3/q+1. The Bertz CT molecular complexity index is 262. The molecule has 0 saturated heterocycles. The molecule has 3 nitrogen and oxygen atoms in total. The summed E-state index contributed by atoms with van der Waals surface area (Å²) in [6, 6.07) is 0. The molecule has 0 rings (SSSR count). The van der Waals surface area contributed by atoms with Crippen molar-refractivity contribution in [1.82, 2.24) is 0 Å². The van der Waals surface area contributed by atoms with E-state index in [9.17, 15) is 4.79 Å². The van der Waals surface area contributed by atoms with Gasteiger partial charge in [-0.1, -0.05) is 40.5 Å². The van der Waals surface area contributed by atoms with E-state index in [1.807, 2.05) is 13.8 Å². The SMILES string of the molecule is CCCCC(CC)C[N+](C)(C)CCOC(=O)CC(C)C. The van der Waals surface area contributed by atoms with Gasteiger partial charge >= 0.3 is 5.97 Å². The molecule has 0 radical (unpaired) electrons. The van der Waals surface area contributed by atoms with Crippen molar-refractivity contribution in [3.05, 3.63) is 0 Å². The van der Waals surface area contributed by atoms with Crippen LogP contribution >= 0.6 is 0 Å². The Hall–Kier alpha value is -0.570. The van der Waals surface area contributed by atoms with Crippen LogP contribution in [0.2, 0.25) is 0 Å². The van der Waals surface area contributed by atoms with Crippen LogP contribution < -0.4 is 0 Å². The number of nitrogens with zero attached hydrogens (tertiary/aromatic N) is 1. The number of hydrogen-bond acceptors (Lipinski definition) is 2. The predicted octanol–water partition coefficient (Wildman–Crippen LogP) is 3.87. The maximum Gasteiger partial charge on any atom is 0.306 e. The topological polar surface area (TPSA) is 26.3 Å². The van der Waals surface area contributed by atoms with Gasteiger partial charge in [-0.05, 0) is 18.8 Å². The molecule has 0 aromatic rings. The summed E-state index contributed by atoms with van der Waals surface area (Å²) in [5.41, 5.74) is 0. The van der Waals surface area contributed by atoms with E-state index in [2.05, 4.69) is 27.9 Å². The second kappa shape index (κ2) is 10.2. The van der Waals surface area contributed by atoms with Gasteiger partial charge in [0.05, 0.1) is 20.6 Å². The number of carbonyl (C=O) groups is 1. The number of ether oxygens (including phenoxy) is 1. The smallest absolute Gasteiger partial charge is 0.306 e. The molecule has 1 atom stereocenters. The molecule has 0 fully saturated rings. The van der Waals surface area contributed by atoms with Gasteiger partial charge < -0.3 is 9.22 Å². The van der Waals surface area contributed by atoms with Crippen molar-refractivity contribution in [3.63, 3.8) is 0 Å². The highest BCUT2D eigenvalue weighted by atomic mass is 16.5. The minimum Gasteiger partial charge on any atom is -0.460 e. The summed E-state index contributed by atoms with van der Waals surface area (Å²) in [5.74, 6) is 1.11. The quantitative estimate of drug-likeness (QED) is 0.426. The molecule has 1 unspecified atom stereocenters. The molecule has 0 heterocycles. The lowest BCUT2D eigenvalue weighted by Gasteiger charge is -2.33. The molecule has 0 aromatic carbocycles. The van der Waals surface area contributed by atoms with Crippen LogP contribution in [0, 0.1) is 11.8 Å². The van der Waals surface area contributed by atoms with Crippen LogP contribution in [0.1, 0.15) is 59.8 Å². The lowest BCUT2D eigenvalue weighted by Crippen LogP contribution is -2.46. The summed E-state index contributed by atoms with van der Waals surface area (Å²) in [6.07, 6.45) is 5.69. The highest BCUT2D eigenvalue weighted by Crippen LogP contribution is 2.16. The van der Waals surface area contributed by atoms with Gasteiger partial charge in [0.2, 0.25) is 0 Å². The first-order valence-electron chi connectivity index (χ1n) is 8.28. The maximum absolute atomic E-state index is 11.5. The molecule has 0 aliphatic carbocycles. The van der Waals surface area contributed by atoms with Crippen LogP contribution in [0.5, 0.6) is 0 Å². The molecule has 0 bridgehead atoms. The number of esters is 1. The average molecular weight is 286 g/mol. The molecule has 120 valence electrons. The predicted molar refractivity (Wildman–Crippen MR) is 85.6 cm³/mol. The van der Waals surface area contributed by atoms with E-state index in [0.717, 1.165) is 16.9 Å². The molecule has 0 aliphatic rings. The number of quaternary nitrogens is 1. The summed E-state index contributed by atoms with van der Waals surface area (Å²) in [5, 5.41) is 0. The summed E-state index contributed by atoms with van der Waals surface area (Å²) in [6.45, 7) is 11.2. The van der Waals surface area contributed by atoms with Crippen LogP contribution in [0.15, 0.2) is 0 Å². The first kappa shape index (κ1) is 19.4. The van der Waals surface area contributed by atoms with Gasteiger partial charge in [-0.25, -0.2) is 0 Å². The minimum atomic E-state index is -0.0574. The molecule has 0 amide bonds. The first-order chi connectivity index (χ1) is 9.30. The van der Waals surface area contributed by atoms with Crippen LogP contribution in [0.3, 0.4) is 0 Å². The zero-order chi connectivity index (χ0) is 15.6. The Kier molecular flexibility index (Phi) is 9.91. The normalized spacial score (nSPS) is 13.6. The van der Waals surface area contributed by atoms with E-state index >= 15 is 0 Å². The zero-order valence-electron chi connectivity index (χ0n) is 14.6. The fraction of sp³-hybridized carbons (Fsp3) is 0.941. The van der Waals surface area contributed by atoms with E-state index in [1.54, 1.807) is 0 Å². The number of carbonyl (C=O) groups excluding carboxylic acids is 1. The molecule has 20 heavy (non-hydrogen) atoms. The van der Waals surface area contributed by atoms with Gasteiger partial charge in [0, 0.05) is 12.3 Å². The van der Waals surface area contributed by atoms with E-state index in [4.69, 9.17) is 4.74 Å². The summed E-state index contributed by atoms with van der Waals surface area (Å²) < 4.78 is 6.27. The van der Waals surface area contributed by atoms with Crippen molar-refractivity contribution in [3.8, 4) is 0 Å². The third kappa shape index (κ3) is 10.2. The minimum absolute atomic E-state index is 0.0574. The second-order valence-electron chi connectivity index (χ2n) is 7.08. The molecule has 0 aromatic heterocycles. The fourth-order valence-electron chi connectivity index (χ4n) is 2.51. The molecule has 3 heteroatoms. The monoisotopic (exact) mass is 286 g/mol. The van der Waals surface area contributed by atoms with Crippen LogP contribution in [-0.4, -0.2) is 44.2 Å². The van der Waals surface area contributed by atoms with Gasteiger partial charge in [0.25, 0.3) is 0 Å². The van der Waals surface area contributed by atoms with Gasteiger partial charge in [0.1, 0.15) is 13.2 Å². The molecular weight excluding hydrogens is 250 g/mol. The van der Waals surface area contributed by atoms with E-state index in [1.165, 1.54) is 32.2 Å². The van der Waals surface area contributed by atoms with Crippen LogP contribution in [0.4, 0.5) is 0 Å². The summed E-state index contributed by atoms with van der Waals surface area (Å²) in [7, 11) is 4.48. The van der Waals surface area contributed by atoms with Crippen molar-refractivity contribution >= 4 is 5.97 Å². The third-order valence-corrected chi connectivity index (χ3v) is 3.83. The Morgan fingerprint density at radius 2 is 1.85 bits per heavy atom. The second-order valence-corrected chi connectivity index (χ2v) is 7.08. The first-order valence-corrected chi connectivity index (χ1v) is 8.28. The van der Waals surface area contributed by atoms with Crippen LogP contribution in [0.25, 0.3) is 0 Å². The molecule has 0 saturated carbocycles. The fourth-order valence-corrected chi connectivity index (χ4v) is 2.51. The molecule has 0 aliphatic heterocycles. The number of unbranched alkanes of at least 4 members (excludes halogenated alkanes) is 1. The zero-order valence-corrected chi connectivity index (χ0v) is 14.6. The van der Waals surface area contributed by atoms with E-state index in [-0.39, 0.29) is 5.97 Å². The Morgan fingerprint density at radius 1 is 1.20 bits per heavy atom. The van der Waals surface area contributed by atoms with E-state index in [0.29, 0.717) is 18.9 Å². The Labute approximate surface area is 126 Å². The number of rotatable bonds is 11. The third-order valence-electron chi connectivity index (χ3n) is 3.83. The average Bonchev–Trinajstić information content (AvgIpc) is 2.33. The van der Waals surface area contributed by atoms with Gasteiger partial charge in [0.15, 0.2) is 0 Å².